The normalized spacial score (nSPS) is 12.4. The predicted octanol–water partition coefficient (Wildman–Crippen LogP) is 9.21. The van der Waals surface area contributed by atoms with E-state index in [-0.39, 0.29) is 29.0 Å². The Bertz CT molecular complexity index is 1520. The van der Waals surface area contributed by atoms with E-state index in [1.54, 1.807) is 10.6 Å². The molecule has 0 saturated carbocycles. The van der Waals surface area contributed by atoms with Gasteiger partial charge in [-0.2, -0.15) is 0 Å². The monoisotopic (exact) mass is 609 g/mol. The minimum Gasteiger partial charge on any atom is -0.493 e. The van der Waals surface area contributed by atoms with Crippen LogP contribution in [0.2, 0.25) is 5.02 Å². The number of halogens is 2. The first-order chi connectivity index (χ1) is 18.3. The Kier molecular flexibility index (Phi) is 8.52. The summed E-state index contributed by atoms with van der Waals surface area (Å²) in [5, 5.41) is 20.2. The summed E-state index contributed by atoms with van der Waals surface area (Å²) in [5.74, 6) is -0.0838. The lowest BCUT2D eigenvalue weighted by Gasteiger charge is -2.33. The van der Waals surface area contributed by atoms with Crippen LogP contribution in [-0.4, -0.2) is 22.2 Å². The largest absolute Gasteiger partial charge is 0.493 e. The van der Waals surface area contributed by atoms with Gasteiger partial charge in [-0.25, -0.2) is 0 Å². The zero-order chi connectivity index (χ0) is 28.4. The molecule has 1 heterocycles. The van der Waals surface area contributed by atoms with Crippen molar-refractivity contribution in [3.63, 3.8) is 0 Å². The summed E-state index contributed by atoms with van der Waals surface area (Å²) < 4.78 is 8.17. The Balaban J connectivity index is 1.49. The maximum atomic E-state index is 12.5. The average molecular weight is 611 g/mol. The van der Waals surface area contributed by atoms with E-state index in [4.69, 9.17) is 16.3 Å². The van der Waals surface area contributed by atoms with E-state index >= 15 is 0 Å². The van der Waals surface area contributed by atoms with Crippen molar-refractivity contribution >= 4 is 50.0 Å². The van der Waals surface area contributed by atoms with Gasteiger partial charge in [0, 0.05) is 14.9 Å². The van der Waals surface area contributed by atoms with E-state index in [1.165, 1.54) is 5.56 Å². The van der Waals surface area contributed by atoms with Crippen LogP contribution < -0.4 is 4.74 Å². The van der Waals surface area contributed by atoms with E-state index in [2.05, 4.69) is 60.8 Å². The van der Waals surface area contributed by atoms with Gasteiger partial charge < -0.3 is 14.4 Å². The van der Waals surface area contributed by atoms with Gasteiger partial charge in [-0.05, 0) is 64.8 Å². The molecule has 6 nitrogen and oxygen atoms in total. The van der Waals surface area contributed by atoms with Gasteiger partial charge >= 0.3 is 5.91 Å². The number of amides is 1. The number of aromatic nitrogens is 1. The second-order valence-corrected chi connectivity index (χ2v) is 12.9. The lowest BCUT2D eigenvalue weighted by molar-refractivity contribution is -0.120. The molecule has 204 valence electrons. The molecular formula is C31H33BrClN3O3. The smallest absolute Gasteiger partial charge is 0.302 e. The minimum absolute atomic E-state index is 0.0167. The number of rotatable bonds is 8. The zero-order valence-electron chi connectivity index (χ0n) is 22.8. The standard InChI is InChI=1S/C31H33BrClN3O3/c1-30(2,3)19-31(4,5)21-10-13-23(14-11-21)39-18-27(37)34-35-28-24-16-22(32)12-15-26(24)36(29(28)38)17-20-8-6-7-9-25(20)33/h6-16,38H,17-19H2,1-5H3. The Hall–Kier alpha value is -3.16. The summed E-state index contributed by atoms with van der Waals surface area (Å²) in [5.41, 5.74) is 3.23. The third kappa shape index (κ3) is 7.08. The fourth-order valence-corrected chi connectivity index (χ4v) is 5.62. The van der Waals surface area contributed by atoms with Gasteiger partial charge in [-0.3, -0.25) is 4.79 Å². The van der Waals surface area contributed by atoms with Gasteiger partial charge in [0.2, 0.25) is 5.88 Å². The van der Waals surface area contributed by atoms with Crippen LogP contribution in [0.5, 0.6) is 11.6 Å². The van der Waals surface area contributed by atoms with Crippen LogP contribution in [0.4, 0.5) is 5.69 Å². The highest BCUT2D eigenvalue weighted by Crippen LogP contribution is 2.41. The number of hydrogen-bond acceptors (Lipinski definition) is 4. The summed E-state index contributed by atoms with van der Waals surface area (Å²) in [6, 6.07) is 20.8. The highest BCUT2D eigenvalue weighted by atomic mass is 79.9. The topological polar surface area (TPSA) is 76.2 Å². The second kappa shape index (κ2) is 11.5. The number of ether oxygens (including phenoxy) is 1. The van der Waals surface area contributed by atoms with Gasteiger partial charge in [-0.15, -0.1) is 10.2 Å². The molecule has 39 heavy (non-hydrogen) atoms. The van der Waals surface area contributed by atoms with Crippen molar-refractivity contribution < 1.29 is 14.6 Å². The molecule has 3 aromatic carbocycles. The number of hydrogen-bond donors (Lipinski definition) is 1. The first kappa shape index (κ1) is 28.8. The maximum absolute atomic E-state index is 12.5. The van der Waals surface area contributed by atoms with Crippen LogP contribution in [-0.2, 0) is 16.8 Å². The van der Waals surface area contributed by atoms with Gasteiger partial charge in [0.05, 0.1) is 12.1 Å². The number of fused-ring (bicyclic) bond motifs is 1. The first-order valence-electron chi connectivity index (χ1n) is 12.8. The Labute approximate surface area is 242 Å². The third-order valence-electron chi connectivity index (χ3n) is 6.49. The lowest BCUT2D eigenvalue weighted by Crippen LogP contribution is -2.24. The number of nitrogens with zero attached hydrogens (tertiary/aromatic N) is 3. The molecule has 0 saturated heterocycles. The molecule has 0 aliphatic heterocycles. The minimum atomic E-state index is -0.562. The molecule has 4 aromatic rings. The number of benzene rings is 3. The zero-order valence-corrected chi connectivity index (χ0v) is 25.2. The van der Waals surface area contributed by atoms with Crippen LogP contribution in [0.25, 0.3) is 10.9 Å². The van der Waals surface area contributed by atoms with E-state index < -0.39 is 5.91 Å². The molecule has 0 fully saturated rings. The second-order valence-electron chi connectivity index (χ2n) is 11.5. The predicted molar refractivity (Wildman–Crippen MR) is 160 cm³/mol. The molecule has 1 aromatic heterocycles. The Morgan fingerprint density at radius 1 is 1.03 bits per heavy atom. The molecule has 0 unspecified atom stereocenters. The molecule has 8 heteroatoms. The van der Waals surface area contributed by atoms with Crippen molar-refractivity contribution in [1.82, 2.24) is 4.57 Å². The molecule has 0 aliphatic carbocycles. The third-order valence-corrected chi connectivity index (χ3v) is 7.35. The van der Waals surface area contributed by atoms with Crippen molar-refractivity contribution in [3.8, 4) is 11.6 Å². The summed E-state index contributed by atoms with van der Waals surface area (Å²) in [4.78, 5) is 12.5. The van der Waals surface area contributed by atoms with Crippen LogP contribution in [0, 0.1) is 5.41 Å². The first-order valence-corrected chi connectivity index (χ1v) is 13.9. The number of azo groups is 1. The summed E-state index contributed by atoms with van der Waals surface area (Å²) in [6.45, 7) is 11.2. The molecule has 1 N–H and O–H groups in total. The van der Waals surface area contributed by atoms with Crippen molar-refractivity contribution in [1.29, 1.82) is 0 Å². The van der Waals surface area contributed by atoms with E-state index in [1.807, 2.05) is 60.7 Å². The Morgan fingerprint density at radius 3 is 2.38 bits per heavy atom. The van der Waals surface area contributed by atoms with Gasteiger partial charge in [0.1, 0.15) is 5.75 Å². The summed E-state index contributed by atoms with van der Waals surface area (Å²) >= 11 is 9.82. The molecule has 0 atom stereocenters. The van der Waals surface area contributed by atoms with Crippen LogP contribution in [0.15, 0.2) is 81.4 Å². The fourth-order valence-electron chi connectivity index (χ4n) is 5.06. The number of aromatic hydroxyl groups is 1. The van der Waals surface area contributed by atoms with Crippen molar-refractivity contribution in [2.24, 2.45) is 15.6 Å². The molecule has 0 aliphatic rings. The van der Waals surface area contributed by atoms with Crippen molar-refractivity contribution in [3.05, 3.63) is 87.4 Å². The quantitative estimate of drug-likeness (QED) is 0.202. The summed E-state index contributed by atoms with van der Waals surface area (Å²) in [6.07, 6.45) is 1.04. The maximum Gasteiger partial charge on any atom is 0.302 e. The number of carbonyl (C=O) groups is 1. The van der Waals surface area contributed by atoms with E-state index in [9.17, 15) is 9.90 Å². The molecule has 0 spiro atoms. The average Bonchev–Trinajstić information content (AvgIpc) is 3.11. The van der Waals surface area contributed by atoms with E-state index in [0.29, 0.717) is 22.7 Å². The molecule has 0 bridgehead atoms. The molecular weight excluding hydrogens is 578 g/mol. The molecule has 4 rings (SSSR count). The Morgan fingerprint density at radius 2 is 1.72 bits per heavy atom. The van der Waals surface area contributed by atoms with Crippen LogP contribution in [0.3, 0.4) is 0 Å². The van der Waals surface area contributed by atoms with Crippen molar-refractivity contribution in [2.75, 3.05) is 6.61 Å². The highest BCUT2D eigenvalue weighted by Gasteiger charge is 2.27. The highest BCUT2D eigenvalue weighted by molar-refractivity contribution is 9.10. The molecule has 1 amide bonds. The number of carbonyl (C=O) groups excluding carboxylic acids is 1. The van der Waals surface area contributed by atoms with Crippen LogP contribution in [0.1, 0.15) is 52.2 Å². The lowest BCUT2D eigenvalue weighted by atomic mass is 9.72. The van der Waals surface area contributed by atoms with E-state index in [0.717, 1.165) is 22.0 Å². The van der Waals surface area contributed by atoms with Gasteiger partial charge in [0.15, 0.2) is 12.3 Å². The van der Waals surface area contributed by atoms with Gasteiger partial charge in [0.25, 0.3) is 0 Å². The van der Waals surface area contributed by atoms with Gasteiger partial charge in [-0.1, -0.05) is 92.5 Å². The van der Waals surface area contributed by atoms with Crippen molar-refractivity contribution in [2.45, 2.75) is 53.0 Å². The fraction of sp³-hybridized carbons (Fsp3) is 0.323. The summed E-state index contributed by atoms with van der Waals surface area (Å²) in [7, 11) is 0. The molecule has 0 radical (unpaired) electrons. The van der Waals surface area contributed by atoms with Crippen LogP contribution >= 0.6 is 27.5 Å². The SMILES string of the molecule is CC(C)(C)CC(C)(C)c1ccc(OCC(=O)N=Nc2c(O)n(Cc3ccccc3Cl)c3ccc(Br)cc23)cc1.